The van der Waals surface area contributed by atoms with Crippen LogP contribution in [0.25, 0.3) is 27.7 Å². The summed E-state index contributed by atoms with van der Waals surface area (Å²) in [6, 6.07) is 17.2. The van der Waals surface area contributed by atoms with Crippen LogP contribution in [0.5, 0.6) is 5.75 Å². The van der Waals surface area contributed by atoms with E-state index in [1.165, 1.54) is 33.0 Å². The first kappa shape index (κ1) is 12.8. The van der Waals surface area contributed by atoms with Crippen LogP contribution in [-0.4, -0.2) is 13.7 Å². The molecule has 0 amide bonds. The van der Waals surface area contributed by atoms with Gasteiger partial charge in [-0.15, -0.1) is 0 Å². The van der Waals surface area contributed by atoms with Crippen molar-refractivity contribution in [3.8, 4) is 16.9 Å². The average molecular weight is 300 g/mol. The van der Waals surface area contributed by atoms with Crippen LogP contribution in [0.2, 0.25) is 0 Å². The Morgan fingerprint density at radius 2 is 1.70 bits per heavy atom. The Balaban J connectivity index is 1.97. The zero-order valence-electron chi connectivity index (χ0n) is 12.9. The molecule has 23 heavy (non-hydrogen) atoms. The molecule has 0 fully saturated rings. The minimum absolute atomic E-state index is 0.561. The molecule has 0 bridgehead atoms. The van der Waals surface area contributed by atoms with Crippen molar-refractivity contribution < 1.29 is 9.47 Å². The Hall–Kier alpha value is -2.74. The average Bonchev–Trinajstić information content (AvgIpc) is 3.01. The molecule has 0 unspecified atom stereocenters. The highest BCUT2D eigenvalue weighted by molar-refractivity contribution is 6.07. The molecule has 0 spiro atoms. The topological polar surface area (TPSA) is 18.5 Å². The molecule has 0 aromatic heterocycles. The second-order valence-corrected chi connectivity index (χ2v) is 6.02. The van der Waals surface area contributed by atoms with E-state index in [0.29, 0.717) is 6.61 Å². The predicted octanol–water partition coefficient (Wildman–Crippen LogP) is 4.79. The van der Waals surface area contributed by atoms with Gasteiger partial charge in [0, 0.05) is 5.39 Å². The molecule has 0 saturated heterocycles. The third-order valence-electron chi connectivity index (χ3n) is 4.89. The first-order chi connectivity index (χ1) is 11.4. The van der Waals surface area contributed by atoms with E-state index in [1.807, 2.05) is 6.08 Å². The largest absolute Gasteiger partial charge is 0.496 e. The van der Waals surface area contributed by atoms with Crippen LogP contribution in [0, 0.1) is 0 Å². The van der Waals surface area contributed by atoms with Gasteiger partial charge in [-0.2, -0.15) is 0 Å². The molecule has 0 atom stereocenters. The van der Waals surface area contributed by atoms with E-state index in [2.05, 4.69) is 48.5 Å². The molecule has 1 aliphatic carbocycles. The molecule has 3 aromatic rings. The highest BCUT2D eigenvalue weighted by Crippen LogP contribution is 2.50. The smallest absolute Gasteiger partial charge is 0.138 e. The molecule has 2 nitrogen and oxygen atoms in total. The molecule has 0 N–H and O–H groups in total. The Kier molecular flexibility index (Phi) is 2.57. The van der Waals surface area contributed by atoms with Crippen molar-refractivity contribution in [3.63, 3.8) is 0 Å². The Morgan fingerprint density at radius 1 is 0.913 bits per heavy atom. The van der Waals surface area contributed by atoms with Crippen LogP contribution in [-0.2, 0) is 11.2 Å². The van der Waals surface area contributed by atoms with Crippen molar-refractivity contribution in [1.82, 2.24) is 0 Å². The van der Waals surface area contributed by atoms with Crippen molar-refractivity contribution in [2.45, 2.75) is 6.42 Å². The lowest BCUT2D eigenvalue weighted by Crippen LogP contribution is -2.09. The third kappa shape index (κ3) is 1.63. The highest BCUT2D eigenvalue weighted by Gasteiger charge is 2.30. The molecule has 3 aromatic carbocycles. The normalized spacial score (nSPS) is 14.6. The summed E-state index contributed by atoms with van der Waals surface area (Å²) in [5, 5.41) is 2.43. The van der Waals surface area contributed by atoms with Crippen molar-refractivity contribution in [3.05, 3.63) is 71.3 Å². The number of ether oxygens (including phenoxy) is 2. The second kappa shape index (κ2) is 4.63. The SMILES string of the molecule is COC1=CCOc2c1c1c(c3ccccc23)-c2ccccc2C1. The van der Waals surface area contributed by atoms with Crippen LogP contribution in [0.4, 0.5) is 0 Å². The van der Waals surface area contributed by atoms with Crippen molar-refractivity contribution in [2.24, 2.45) is 0 Å². The van der Waals surface area contributed by atoms with E-state index in [4.69, 9.17) is 9.47 Å². The maximum absolute atomic E-state index is 6.04. The maximum Gasteiger partial charge on any atom is 0.138 e. The zero-order valence-corrected chi connectivity index (χ0v) is 12.9. The van der Waals surface area contributed by atoms with Crippen LogP contribution in [0.1, 0.15) is 16.7 Å². The van der Waals surface area contributed by atoms with Gasteiger partial charge in [-0.05, 0) is 40.1 Å². The van der Waals surface area contributed by atoms with E-state index in [9.17, 15) is 0 Å². The highest BCUT2D eigenvalue weighted by atomic mass is 16.5. The van der Waals surface area contributed by atoms with E-state index in [-0.39, 0.29) is 0 Å². The first-order valence-corrected chi connectivity index (χ1v) is 7.91. The Morgan fingerprint density at radius 3 is 2.57 bits per heavy atom. The number of benzene rings is 3. The summed E-state index contributed by atoms with van der Waals surface area (Å²) >= 11 is 0. The fraction of sp³-hybridized carbons (Fsp3) is 0.143. The lowest BCUT2D eigenvalue weighted by Gasteiger charge is -2.23. The standard InChI is InChI=1S/C21H16O2/c1-22-18-10-11-23-21-16-9-5-4-8-15(16)19-14-7-3-2-6-13(14)12-17(19)20(18)21/h2-10H,11-12H2,1H3. The lowest BCUT2D eigenvalue weighted by molar-refractivity contribution is 0.324. The monoisotopic (exact) mass is 300 g/mol. The van der Waals surface area contributed by atoms with Crippen LogP contribution in [0.3, 0.4) is 0 Å². The molecule has 1 heterocycles. The minimum atomic E-state index is 0.561. The molecule has 2 aliphatic rings. The van der Waals surface area contributed by atoms with E-state index < -0.39 is 0 Å². The quantitative estimate of drug-likeness (QED) is 0.503. The van der Waals surface area contributed by atoms with Crippen molar-refractivity contribution >= 4 is 16.5 Å². The summed E-state index contributed by atoms with van der Waals surface area (Å²) in [5.74, 6) is 1.90. The van der Waals surface area contributed by atoms with Gasteiger partial charge in [0.15, 0.2) is 0 Å². The van der Waals surface area contributed by atoms with Crippen molar-refractivity contribution in [2.75, 3.05) is 13.7 Å². The number of hydrogen-bond donors (Lipinski definition) is 0. The molecule has 0 radical (unpaired) electrons. The van der Waals surface area contributed by atoms with Crippen molar-refractivity contribution in [1.29, 1.82) is 0 Å². The molecule has 1 aliphatic heterocycles. The number of methoxy groups -OCH3 is 1. The maximum atomic E-state index is 6.04. The summed E-state index contributed by atoms with van der Waals surface area (Å²) in [7, 11) is 1.74. The molecule has 0 saturated carbocycles. The fourth-order valence-corrected chi connectivity index (χ4v) is 3.95. The first-order valence-electron chi connectivity index (χ1n) is 7.91. The second-order valence-electron chi connectivity index (χ2n) is 6.02. The lowest BCUT2D eigenvalue weighted by atomic mass is 9.91. The summed E-state index contributed by atoms with van der Waals surface area (Å²) in [5.41, 5.74) is 6.50. The molecular formula is C21H16O2. The summed E-state index contributed by atoms with van der Waals surface area (Å²) in [6.45, 7) is 0.561. The summed E-state index contributed by atoms with van der Waals surface area (Å²) < 4.78 is 11.7. The van der Waals surface area contributed by atoms with Crippen LogP contribution >= 0.6 is 0 Å². The van der Waals surface area contributed by atoms with E-state index in [1.54, 1.807) is 7.11 Å². The zero-order chi connectivity index (χ0) is 15.4. The Labute approximate surface area is 135 Å². The third-order valence-corrected chi connectivity index (χ3v) is 4.89. The number of rotatable bonds is 1. The van der Waals surface area contributed by atoms with E-state index >= 15 is 0 Å². The fourth-order valence-electron chi connectivity index (χ4n) is 3.95. The van der Waals surface area contributed by atoms with Gasteiger partial charge in [0.25, 0.3) is 0 Å². The molecular weight excluding hydrogens is 284 g/mol. The van der Waals surface area contributed by atoms with Gasteiger partial charge in [-0.1, -0.05) is 48.5 Å². The molecule has 5 rings (SSSR count). The number of hydrogen-bond acceptors (Lipinski definition) is 2. The van der Waals surface area contributed by atoms with Gasteiger partial charge in [-0.3, -0.25) is 0 Å². The minimum Gasteiger partial charge on any atom is -0.496 e. The predicted molar refractivity (Wildman–Crippen MR) is 92.7 cm³/mol. The molecule has 112 valence electrons. The van der Waals surface area contributed by atoms with Crippen LogP contribution < -0.4 is 4.74 Å². The van der Waals surface area contributed by atoms with Gasteiger partial charge in [0.2, 0.25) is 0 Å². The van der Waals surface area contributed by atoms with Gasteiger partial charge in [0.05, 0.1) is 12.7 Å². The number of fused-ring (bicyclic) bond motifs is 8. The Bertz CT molecular complexity index is 983. The van der Waals surface area contributed by atoms with Gasteiger partial charge < -0.3 is 9.47 Å². The summed E-state index contributed by atoms with van der Waals surface area (Å²) in [6.07, 6.45) is 2.96. The van der Waals surface area contributed by atoms with Gasteiger partial charge in [-0.25, -0.2) is 0 Å². The summed E-state index contributed by atoms with van der Waals surface area (Å²) in [4.78, 5) is 0. The van der Waals surface area contributed by atoms with Gasteiger partial charge in [0.1, 0.15) is 18.1 Å². The van der Waals surface area contributed by atoms with Gasteiger partial charge >= 0.3 is 0 Å². The molecule has 2 heteroatoms. The van der Waals surface area contributed by atoms with E-state index in [0.717, 1.165) is 23.5 Å². The van der Waals surface area contributed by atoms with Crippen LogP contribution in [0.15, 0.2) is 54.6 Å².